The van der Waals surface area contributed by atoms with Gasteiger partial charge in [-0.2, -0.15) is 4.98 Å². The summed E-state index contributed by atoms with van der Waals surface area (Å²) >= 11 is 0. The molecule has 0 fully saturated rings. The number of oxazole rings is 1. The average Bonchev–Trinajstić information content (AvgIpc) is 3.12. The number of rotatable bonds is 3. The first-order valence-electron chi connectivity index (χ1n) is 7.06. The fraction of sp³-hybridized carbons (Fsp3) is 0.125. The smallest absolute Gasteiger partial charge is 0.408 e. The number of aryl methyl sites for hydroxylation is 1. The van der Waals surface area contributed by atoms with Crippen molar-refractivity contribution < 1.29 is 8.94 Å². The summed E-state index contributed by atoms with van der Waals surface area (Å²) in [5.74, 6) is 0.470. The van der Waals surface area contributed by atoms with E-state index in [2.05, 4.69) is 20.1 Å². The molecule has 7 nitrogen and oxygen atoms in total. The summed E-state index contributed by atoms with van der Waals surface area (Å²) < 4.78 is 10.3. The molecule has 1 aromatic carbocycles. The molecule has 0 atom stereocenters. The predicted molar refractivity (Wildman–Crippen MR) is 81.9 cm³/mol. The Morgan fingerprint density at radius 1 is 1.17 bits per heavy atom. The Morgan fingerprint density at radius 3 is 2.96 bits per heavy atom. The Labute approximate surface area is 130 Å². The van der Waals surface area contributed by atoms with Crippen LogP contribution in [0.2, 0.25) is 0 Å². The monoisotopic (exact) mass is 308 g/mol. The maximum absolute atomic E-state index is 11.2. The number of nitrogens with one attached hydrogen (secondary N) is 1. The van der Waals surface area contributed by atoms with E-state index >= 15 is 0 Å². The fourth-order valence-corrected chi connectivity index (χ4v) is 2.38. The van der Waals surface area contributed by atoms with Gasteiger partial charge in [0.15, 0.2) is 5.58 Å². The first kappa shape index (κ1) is 13.4. The van der Waals surface area contributed by atoms with Crippen LogP contribution in [-0.4, -0.2) is 20.1 Å². The minimum Gasteiger partial charge on any atom is -0.408 e. The van der Waals surface area contributed by atoms with Crippen LogP contribution in [-0.2, 0) is 6.42 Å². The highest BCUT2D eigenvalue weighted by atomic mass is 16.5. The Balaban J connectivity index is 1.62. The number of hydrogen-bond donors (Lipinski definition) is 1. The maximum atomic E-state index is 11.2. The molecule has 0 aliphatic carbocycles. The Bertz CT molecular complexity index is 1040. The van der Waals surface area contributed by atoms with E-state index in [1.54, 1.807) is 6.07 Å². The quantitative estimate of drug-likeness (QED) is 0.624. The Morgan fingerprint density at radius 2 is 2.09 bits per heavy atom. The Kier molecular flexibility index (Phi) is 3.04. The van der Waals surface area contributed by atoms with Crippen molar-refractivity contribution in [2.75, 3.05) is 0 Å². The second kappa shape index (κ2) is 5.20. The molecule has 4 aromatic rings. The molecule has 114 valence electrons. The molecular weight excluding hydrogens is 296 g/mol. The summed E-state index contributed by atoms with van der Waals surface area (Å²) in [5, 5.41) is 3.97. The summed E-state index contributed by atoms with van der Waals surface area (Å²) in [5.41, 5.74) is 3.67. The van der Waals surface area contributed by atoms with E-state index in [1.807, 2.05) is 37.3 Å². The molecule has 0 spiro atoms. The van der Waals surface area contributed by atoms with Crippen LogP contribution in [0.3, 0.4) is 0 Å². The molecule has 0 aliphatic heterocycles. The van der Waals surface area contributed by atoms with Crippen molar-refractivity contribution in [1.29, 1.82) is 0 Å². The van der Waals surface area contributed by atoms with Gasteiger partial charge in [-0.25, -0.2) is 9.78 Å². The van der Waals surface area contributed by atoms with Gasteiger partial charge in [0.2, 0.25) is 11.7 Å². The minimum atomic E-state index is -0.470. The first-order chi connectivity index (χ1) is 11.2. The van der Waals surface area contributed by atoms with Gasteiger partial charge in [-0.3, -0.25) is 4.98 Å². The van der Waals surface area contributed by atoms with Crippen LogP contribution in [0.4, 0.5) is 0 Å². The molecule has 0 unspecified atom stereocenters. The van der Waals surface area contributed by atoms with E-state index in [1.165, 1.54) is 0 Å². The third kappa shape index (κ3) is 2.64. The molecule has 0 saturated heterocycles. The van der Waals surface area contributed by atoms with Crippen LogP contribution in [0.25, 0.3) is 22.6 Å². The molecule has 4 rings (SSSR count). The van der Waals surface area contributed by atoms with Gasteiger partial charge in [0.05, 0.1) is 11.9 Å². The highest BCUT2D eigenvalue weighted by Gasteiger charge is 2.11. The van der Waals surface area contributed by atoms with Crippen molar-refractivity contribution in [3.63, 3.8) is 0 Å². The van der Waals surface area contributed by atoms with Crippen molar-refractivity contribution >= 4 is 11.1 Å². The van der Waals surface area contributed by atoms with Crippen LogP contribution in [0, 0.1) is 6.92 Å². The van der Waals surface area contributed by atoms with E-state index in [9.17, 15) is 4.79 Å². The number of aromatic amines is 1. The van der Waals surface area contributed by atoms with Crippen molar-refractivity contribution in [2.45, 2.75) is 13.3 Å². The topological polar surface area (TPSA) is 97.8 Å². The SMILES string of the molecule is Cc1cccc(-c2noc(Cc3ccc4oc(=O)[nH]c4c3)n2)n1. The molecule has 7 heteroatoms. The number of aromatic nitrogens is 4. The third-order valence-electron chi connectivity index (χ3n) is 3.42. The molecule has 3 heterocycles. The van der Waals surface area contributed by atoms with Gasteiger partial charge in [0, 0.05) is 5.69 Å². The lowest BCUT2D eigenvalue weighted by molar-refractivity contribution is 0.385. The highest BCUT2D eigenvalue weighted by Crippen LogP contribution is 2.17. The van der Waals surface area contributed by atoms with E-state index in [4.69, 9.17) is 8.94 Å². The second-order valence-corrected chi connectivity index (χ2v) is 5.20. The number of benzene rings is 1. The number of H-pyrrole nitrogens is 1. The van der Waals surface area contributed by atoms with Crippen LogP contribution < -0.4 is 5.76 Å². The zero-order valence-corrected chi connectivity index (χ0v) is 12.2. The van der Waals surface area contributed by atoms with Crippen molar-refractivity contribution in [1.82, 2.24) is 20.1 Å². The van der Waals surface area contributed by atoms with Gasteiger partial charge in [-0.1, -0.05) is 17.3 Å². The van der Waals surface area contributed by atoms with E-state index in [0.717, 1.165) is 11.3 Å². The van der Waals surface area contributed by atoms with Crippen molar-refractivity contribution in [3.05, 3.63) is 64.1 Å². The maximum Gasteiger partial charge on any atom is 0.417 e. The summed E-state index contributed by atoms with van der Waals surface area (Å²) in [6.07, 6.45) is 0.460. The highest BCUT2D eigenvalue weighted by molar-refractivity contribution is 5.72. The second-order valence-electron chi connectivity index (χ2n) is 5.20. The van der Waals surface area contributed by atoms with Crippen molar-refractivity contribution in [2.24, 2.45) is 0 Å². The van der Waals surface area contributed by atoms with Crippen LogP contribution in [0.1, 0.15) is 17.1 Å². The predicted octanol–water partition coefficient (Wildman–Crippen LogP) is 2.47. The molecular formula is C16H12N4O3. The largest absolute Gasteiger partial charge is 0.417 e. The number of nitrogens with zero attached hydrogens (tertiary/aromatic N) is 3. The zero-order chi connectivity index (χ0) is 15.8. The summed E-state index contributed by atoms with van der Waals surface area (Å²) in [7, 11) is 0. The van der Waals surface area contributed by atoms with Gasteiger partial charge in [0.25, 0.3) is 0 Å². The summed E-state index contributed by atoms with van der Waals surface area (Å²) in [6, 6.07) is 11.1. The minimum absolute atomic E-state index is 0.460. The number of hydrogen-bond acceptors (Lipinski definition) is 6. The number of fused-ring (bicyclic) bond motifs is 1. The molecule has 0 saturated carbocycles. The van der Waals surface area contributed by atoms with Gasteiger partial charge in [-0.15, -0.1) is 0 Å². The lowest BCUT2D eigenvalue weighted by Crippen LogP contribution is -1.93. The molecule has 23 heavy (non-hydrogen) atoms. The first-order valence-corrected chi connectivity index (χ1v) is 7.06. The van der Waals surface area contributed by atoms with Gasteiger partial charge in [0.1, 0.15) is 5.69 Å². The summed E-state index contributed by atoms with van der Waals surface area (Å²) in [6.45, 7) is 1.91. The summed E-state index contributed by atoms with van der Waals surface area (Å²) in [4.78, 5) is 22.5. The lowest BCUT2D eigenvalue weighted by Gasteiger charge is -1.96. The van der Waals surface area contributed by atoms with Gasteiger partial charge >= 0.3 is 5.76 Å². The Hall–Kier alpha value is -3.22. The van der Waals surface area contributed by atoms with E-state index in [-0.39, 0.29) is 0 Å². The third-order valence-corrected chi connectivity index (χ3v) is 3.42. The molecule has 0 aliphatic rings. The van der Waals surface area contributed by atoms with Crippen LogP contribution in [0.15, 0.2) is 50.1 Å². The van der Waals surface area contributed by atoms with Gasteiger partial charge in [-0.05, 0) is 36.8 Å². The lowest BCUT2D eigenvalue weighted by atomic mass is 10.1. The molecule has 0 bridgehead atoms. The zero-order valence-electron chi connectivity index (χ0n) is 12.2. The van der Waals surface area contributed by atoms with E-state index in [0.29, 0.717) is 34.9 Å². The molecule has 1 N–H and O–H groups in total. The van der Waals surface area contributed by atoms with Crippen LogP contribution >= 0.6 is 0 Å². The normalized spacial score (nSPS) is 11.2. The van der Waals surface area contributed by atoms with Crippen molar-refractivity contribution in [3.8, 4) is 11.5 Å². The van der Waals surface area contributed by atoms with Crippen LogP contribution in [0.5, 0.6) is 0 Å². The fourth-order valence-electron chi connectivity index (χ4n) is 2.38. The molecule has 0 radical (unpaired) electrons. The number of pyridine rings is 1. The molecule has 3 aromatic heterocycles. The average molecular weight is 308 g/mol. The molecule has 0 amide bonds. The van der Waals surface area contributed by atoms with E-state index < -0.39 is 5.76 Å². The standard InChI is InChI=1S/C16H12N4O3/c1-9-3-2-4-11(17-9)15-19-14(23-20-15)8-10-5-6-13-12(7-10)18-16(21)22-13/h2-7H,8H2,1H3,(H,18,21). The van der Waals surface area contributed by atoms with Gasteiger partial charge < -0.3 is 8.94 Å².